The van der Waals surface area contributed by atoms with Crippen molar-refractivity contribution in [1.82, 2.24) is 14.7 Å². The van der Waals surface area contributed by atoms with Gasteiger partial charge in [-0.05, 0) is 20.4 Å². The lowest BCUT2D eigenvalue weighted by Gasteiger charge is -2.15. The molecule has 0 fully saturated rings. The molecule has 1 aliphatic rings. The number of aromatic nitrogens is 2. The number of dihydropyridines is 1. The second-order valence-electron chi connectivity index (χ2n) is 5.54. The third-order valence-electron chi connectivity index (χ3n) is 3.53. The van der Waals surface area contributed by atoms with Crippen molar-refractivity contribution in [3.63, 3.8) is 0 Å². The molecule has 2 heterocycles. The summed E-state index contributed by atoms with van der Waals surface area (Å²) in [6, 6.07) is 0. The molecule has 0 atom stereocenters. The third kappa shape index (κ3) is 4.85. The highest BCUT2D eigenvalue weighted by molar-refractivity contribution is 6.02. The van der Waals surface area contributed by atoms with Gasteiger partial charge in [-0.2, -0.15) is 5.10 Å². The normalized spacial score (nSPS) is 15.0. The van der Waals surface area contributed by atoms with E-state index in [4.69, 9.17) is 4.84 Å². The summed E-state index contributed by atoms with van der Waals surface area (Å²) < 4.78 is 1.74. The van der Waals surface area contributed by atoms with Crippen LogP contribution in [0.15, 0.2) is 22.4 Å². The van der Waals surface area contributed by atoms with Gasteiger partial charge >= 0.3 is 0 Å². The van der Waals surface area contributed by atoms with Crippen LogP contribution in [0.25, 0.3) is 5.70 Å². The topological polar surface area (TPSA) is 72.1 Å². The number of hydrogen-bond donors (Lipinski definition) is 0. The summed E-state index contributed by atoms with van der Waals surface area (Å²) in [5.41, 5.74) is 3.25. The van der Waals surface area contributed by atoms with Crippen LogP contribution in [0.3, 0.4) is 0 Å². The zero-order chi connectivity index (χ0) is 16.7. The number of aldehydes is 1. The average Bonchev–Trinajstić information content (AvgIpc) is 2.97. The Labute approximate surface area is 136 Å². The van der Waals surface area contributed by atoms with Gasteiger partial charge in [-0.3, -0.25) is 9.79 Å². The molecule has 0 unspecified atom stereocenters. The van der Waals surface area contributed by atoms with Gasteiger partial charge in [0.05, 0.1) is 22.7 Å². The van der Waals surface area contributed by atoms with Crippen LogP contribution in [0.1, 0.15) is 29.4 Å². The van der Waals surface area contributed by atoms with Crippen LogP contribution < -0.4 is 0 Å². The number of oxime groups is 1. The molecule has 1 aromatic heterocycles. The quantitative estimate of drug-likeness (QED) is 0.414. The van der Waals surface area contributed by atoms with Gasteiger partial charge < -0.3 is 9.74 Å². The summed E-state index contributed by atoms with van der Waals surface area (Å²) in [5, 5.41) is 8.43. The lowest BCUT2D eigenvalue weighted by molar-refractivity contribution is 0.112. The number of carbonyl (C=O) groups excluding carboxylic acids is 1. The molecule has 0 saturated carbocycles. The maximum atomic E-state index is 11.3. The zero-order valence-electron chi connectivity index (χ0n) is 13.9. The minimum atomic E-state index is 0.626. The SMILES string of the molecule is CO/N=C(\C)CN(C)CCc1nn(C2=CCCN=C2)cc1C=O. The Hall–Kier alpha value is -2.28. The number of likely N-dealkylation sites (N-methyl/N-ethyl adjacent to an activating group) is 1. The average molecular weight is 317 g/mol. The smallest absolute Gasteiger partial charge is 0.153 e. The molecule has 0 saturated heterocycles. The summed E-state index contributed by atoms with van der Waals surface area (Å²) >= 11 is 0. The first kappa shape index (κ1) is 17.1. The molecule has 1 aromatic rings. The van der Waals surface area contributed by atoms with Gasteiger partial charge in [-0.15, -0.1) is 0 Å². The number of aliphatic imine (C=N–C) groups is 1. The van der Waals surface area contributed by atoms with E-state index in [9.17, 15) is 4.79 Å². The fourth-order valence-corrected chi connectivity index (χ4v) is 2.45. The van der Waals surface area contributed by atoms with Gasteiger partial charge in [0.15, 0.2) is 6.29 Å². The molecule has 2 rings (SSSR count). The van der Waals surface area contributed by atoms with Gasteiger partial charge in [0.25, 0.3) is 0 Å². The Balaban J connectivity index is 2.01. The molecule has 23 heavy (non-hydrogen) atoms. The van der Waals surface area contributed by atoms with Crippen LogP contribution in [0.2, 0.25) is 0 Å². The molecule has 0 amide bonds. The van der Waals surface area contributed by atoms with Crippen molar-refractivity contribution in [3.8, 4) is 0 Å². The molecule has 0 aliphatic carbocycles. The molecule has 0 N–H and O–H groups in total. The van der Waals surface area contributed by atoms with E-state index in [1.54, 1.807) is 17.1 Å². The van der Waals surface area contributed by atoms with E-state index < -0.39 is 0 Å². The number of rotatable bonds is 8. The maximum absolute atomic E-state index is 11.3. The van der Waals surface area contributed by atoms with Crippen molar-refractivity contribution in [2.75, 3.05) is 33.8 Å². The van der Waals surface area contributed by atoms with E-state index in [-0.39, 0.29) is 0 Å². The summed E-state index contributed by atoms with van der Waals surface area (Å²) in [6.07, 6.45) is 8.10. The Kier molecular flexibility index (Phi) is 6.22. The first-order valence-electron chi connectivity index (χ1n) is 7.63. The molecule has 0 aromatic carbocycles. The second-order valence-corrected chi connectivity index (χ2v) is 5.54. The molecule has 0 radical (unpaired) electrons. The van der Waals surface area contributed by atoms with Gasteiger partial charge in [-0.25, -0.2) is 4.68 Å². The van der Waals surface area contributed by atoms with E-state index in [0.717, 1.165) is 42.9 Å². The minimum Gasteiger partial charge on any atom is -0.399 e. The van der Waals surface area contributed by atoms with Gasteiger partial charge in [0, 0.05) is 38.5 Å². The largest absolute Gasteiger partial charge is 0.399 e. The van der Waals surface area contributed by atoms with E-state index in [1.807, 2.05) is 14.0 Å². The van der Waals surface area contributed by atoms with Crippen molar-refractivity contribution in [1.29, 1.82) is 0 Å². The van der Waals surface area contributed by atoms with Crippen LogP contribution in [-0.2, 0) is 11.3 Å². The second kappa shape index (κ2) is 8.38. The number of carbonyl (C=O) groups is 1. The lowest BCUT2D eigenvalue weighted by Crippen LogP contribution is -2.27. The van der Waals surface area contributed by atoms with Crippen molar-refractivity contribution < 1.29 is 9.63 Å². The van der Waals surface area contributed by atoms with E-state index in [0.29, 0.717) is 18.5 Å². The van der Waals surface area contributed by atoms with Crippen LogP contribution in [0.5, 0.6) is 0 Å². The molecule has 7 nitrogen and oxygen atoms in total. The monoisotopic (exact) mass is 317 g/mol. The predicted molar refractivity (Wildman–Crippen MR) is 91.2 cm³/mol. The Bertz CT molecular complexity index is 630. The standard InChI is InChI=1S/C16H23N5O2/c1-13(19-23-3)10-20(2)8-6-16-14(12-22)11-21(18-16)15-5-4-7-17-9-15/h5,9,11-12H,4,6-8,10H2,1-3H3/b19-13+. The van der Waals surface area contributed by atoms with Crippen molar-refractivity contribution in [2.24, 2.45) is 10.1 Å². The van der Waals surface area contributed by atoms with Crippen molar-refractivity contribution in [2.45, 2.75) is 19.8 Å². The van der Waals surface area contributed by atoms with Gasteiger partial charge in [0.2, 0.25) is 0 Å². The lowest BCUT2D eigenvalue weighted by atomic mass is 10.2. The summed E-state index contributed by atoms with van der Waals surface area (Å²) in [4.78, 5) is 22.4. The van der Waals surface area contributed by atoms with E-state index in [1.165, 1.54) is 7.11 Å². The number of nitrogens with zero attached hydrogens (tertiary/aromatic N) is 5. The fourth-order valence-electron chi connectivity index (χ4n) is 2.45. The molecule has 124 valence electrons. The van der Waals surface area contributed by atoms with E-state index in [2.05, 4.69) is 26.2 Å². The molecule has 0 bridgehead atoms. The maximum Gasteiger partial charge on any atom is 0.153 e. The third-order valence-corrected chi connectivity index (χ3v) is 3.53. The van der Waals surface area contributed by atoms with Crippen LogP contribution in [0.4, 0.5) is 0 Å². The minimum absolute atomic E-state index is 0.626. The Morgan fingerprint density at radius 1 is 1.57 bits per heavy atom. The first-order chi connectivity index (χ1) is 11.1. The fraction of sp³-hybridized carbons (Fsp3) is 0.500. The molecule has 0 spiro atoms. The summed E-state index contributed by atoms with van der Waals surface area (Å²) in [7, 11) is 3.54. The highest BCUT2D eigenvalue weighted by atomic mass is 16.6. The zero-order valence-corrected chi connectivity index (χ0v) is 13.9. The number of hydrogen-bond acceptors (Lipinski definition) is 6. The molecule has 7 heteroatoms. The van der Waals surface area contributed by atoms with E-state index >= 15 is 0 Å². The molecule has 1 aliphatic heterocycles. The summed E-state index contributed by atoms with van der Waals surface area (Å²) in [5.74, 6) is 0. The van der Waals surface area contributed by atoms with Crippen LogP contribution in [-0.4, -0.2) is 66.7 Å². The van der Waals surface area contributed by atoms with Gasteiger partial charge in [0.1, 0.15) is 7.11 Å². The Morgan fingerprint density at radius 2 is 2.39 bits per heavy atom. The highest BCUT2D eigenvalue weighted by Crippen LogP contribution is 2.12. The molecular formula is C16H23N5O2. The molecular weight excluding hydrogens is 294 g/mol. The predicted octanol–water partition coefficient (Wildman–Crippen LogP) is 1.51. The van der Waals surface area contributed by atoms with Crippen molar-refractivity contribution in [3.05, 3.63) is 23.5 Å². The number of allylic oxidation sites excluding steroid dienone is 1. The van der Waals surface area contributed by atoms with Crippen LogP contribution >= 0.6 is 0 Å². The van der Waals surface area contributed by atoms with Crippen LogP contribution in [0, 0.1) is 0 Å². The highest BCUT2D eigenvalue weighted by Gasteiger charge is 2.12. The first-order valence-corrected chi connectivity index (χ1v) is 7.63. The van der Waals surface area contributed by atoms with Gasteiger partial charge in [-0.1, -0.05) is 11.2 Å². The summed E-state index contributed by atoms with van der Waals surface area (Å²) in [6.45, 7) is 4.22. The van der Waals surface area contributed by atoms with Crippen molar-refractivity contribution >= 4 is 23.9 Å². The Morgan fingerprint density at radius 3 is 3.04 bits per heavy atom.